The molecule has 3 rings (SSSR count). The summed E-state index contributed by atoms with van der Waals surface area (Å²) in [6, 6.07) is 9.52. The number of carbonyl (C=O) groups excluding carboxylic acids is 2. The first-order chi connectivity index (χ1) is 17.1. The fourth-order valence-electron chi connectivity index (χ4n) is 3.85. The van der Waals surface area contributed by atoms with Gasteiger partial charge in [-0.15, -0.1) is 0 Å². The molecule has 3 amide bonds. The lowest BCUT2D eigenvalue weighted by Crippen LogP contribution is -2.46. The van der Waals surface area contributed by atoms with Crippen molar-refractivity contribution < 1.29 is 27.5 Å². The number of primary amides is 1. The van der Waals surface area contributed by atoms with Gasteiger partial charge in [-0.3, -0.25) is 9.52 Å². The molecule has 196 valence electrons. The van der Waals surface area contributed by atoms with Crippen LogP contribution in [0.1, 0.15) is 20.3 Å². The molecular weight excluding hydrogens is 486 g/mol. The summed E-state index contributed by atoms with van der Waals surface area (Å²) in [6.45, 7) is 5.82. The van der Waals surface area contributed by atoms with Crippen molar-refractivity contribution in [2.45, 2.75) is 31.2 Å². The van der Waals surface area contributed by atoms with Crippen molar-refractivity contribution in [3.8, 4) is 5.75 Å². The molecule has 1 aliphatic heterocycles. The third kappa shape index (κ3) is 7.25. The van der Waals surface area contributed by atoms with Crippen molar-refractivity contribution in [2.24, 2.45) is 11.7 Å². The zero-order valence-corrected chi connectivity index (χ0v) is 21.4. The molecule has 36 heavy (non-hydrogen) atoms. The predicted molar refractivity (Wildman–Crippen MR) is 138 cm³/mol. The highest BCUT2D eigenvalue weighted by Gasteiger charge is 2.26. The van der Waals surface area contributed by atoms with Gasteiger partial charge in [0.05, 0.1) is 26.0 Å². The average molecular weight is 520 g/mol. The Morgan fingerprint density at radius 2 is 1.72 bits per heavy atom. The Labute approximate surface area is 211 Å². The Morgan fingerprint density at radius 1 is 1.08 bits per heavy atom. The number of hydrogen-bond acceptors (Lipinski definition) is 7. The van der Waals surface area contributed by atoms with E-state index in [1.807, 2.05) is 18.7 Å². The number of sulfonamides is 1. The van der Waals surface area contributed by atoms with E-state index in [0.717, 1.165) is 0 Å². The first-order valence-electron chi connectivity index (χ1n) is 11.6. The number of morpholine rings is 1. The highest BCUT2D eigenvalue weighted by molar-refractivity contribution is 7.92. The molecule has 0 radical (unpaired) electrons. The van der Waals surface area contributed by atoms with Gasteiger partial charge in [0, 0.05) is 24.5 Å². The number of urea groups is 1. The monoisotopic (exact) mass is 519 g/mol. The minimum atomic E-state index is -4.04. The van der Waals surface area contributed by atoms with Crippen LogP contribution in [0.15, 0.2) is 47.4 Å². The summed E-state index contributed by atoms with van der Waals surface area (Å²) in [7, 11) is -2.52. The predicted octanol–water partition coefficient (Wildman–Crippen LogP) is 2.35. The van der Waals surface area contributed by atoms with Crippen LogP contribution in [0.5, 0.6) is 5.75 Å². The van der Waals surface area contributed by atoms with E-state index in [2.05, 4.69) is 15.4 Å². The maximum Gasteiger partial charge on any atom is 0.312 e. The van der Waals surface area contributed by atoms with Gasteiger partial charge in [-0.2, -0.15) is 0 Å². The van der Waals surface area contributed by atoms with E-state index >= 15 is 0 Å². The van der Waals surface area contributed by atoms with Gasteiger partial charge in [0.1, 0.15) is 16.7 Å². The number of anilines is 3. The van der Waals surface area contributed by atoms with Crippen LogP contribution in [0.4, 0.5) is 21.9 Å². The van der Waals surface area contributed by atoms with Crippen molar-refractivity contribution in [2.75, 3.05) is 48.4 Å². The third-order valence-electron chi connectivity index (χ3n) is 5.55. The van der Waals surface area contributed by atoms with Crippen LogP contribution < -0.4 is 30.7 Å². The van der Waals surface area contributed by atoms with Crippen LogP contribution in [-0.4, -0.2) is 59.8 Å². The van der Waals surface area contributed by atoms with Gasteiger partial charge in [0.15, 0.2) is 0 Å². The number of rotatable bonds is 10. The zero-order chi connectivity index (χ0) is 26.3. The van der Waals surface area contributed by atoms with Crippen molar-refractivity contribution in [3.05, 3.63) is 42.5 Å². The normalized spacial score (nSPS) is 14.7. The molecule has 1 unspecified atom stereocenters. The summed E-state index contributed by atoms with van der Waals surface area (Å²) in [6.07, 6.45) is 0.366. The van der Waals surface area contributed by atoms with E-state index in [0.29, 0.717) is 49.8 Å². The number of methoxy groups -OCH3 is 1. The Morgan fingerprint density at radius 3 is 2.31 bits per heavy atom. The Balaban J connectivity index is 1.93. The lowest BCUT2D eigenvalue weighted by molar-refractivity contribution is -0.118. The Bertz CT molecular complexity index is 1160. The summed E-state index contributed by atoms with van der Waals surface area (Å²) in [5.41, 5.74) is 6.36. The quantitative estimate of drug-likeness (QED) is 0.376. The molecule has 1 atom stereocenters. The second-order valence-corrected chi connectivity index (χ2v) is 10.4. The average Bonchev–Trinajstić information content (AvgIpc) is 2.84. The van der Waals surface area contributed by atoms with Gasteiger partial charge in [0.25, 0.3) is 10.0 Å². The molecule has 0 saturated carbocycles. The number of nitrogens with one attached hydrogen (secondary N) is 3. The molecule has 1 fully saturated rings. The van der Waals surface area contributed by atoms with Crippen LogP contribution in [-0.2, 0) is 19.6 Å². The summed E-state index contributed by atoms with van der Waals surface area (Å²) in [4.78, 5) is 26.2. The molecule has 1 heterocycles. The molecule has 0 aromatic heterocycles. The van der Waals surface area contributed by atoms with Crippen LogP contribution >= 0.6 is 0 Å². The van der Waals surface area contributed by atoms with Gasteiger partial charge >= 0.3 is 6.03 Å². The fourth-order valence-corrected chi connectivity index (χ4v) is 5.16. The number of benzene rings is 2. The van der Waals surface area contributed by atoms with Crippen molar-refractivity contribution >= 4 is 39.0 Å². The smallest absolute Gasteiger partial charge is 0.312 e. The van der Waals surface area contributed by atoms with E-state index in [1.165, 1.54) is 13.2 Å². The second-order valence-electron chi connectivity index (χ2n) is 8.80. The summed E-state index contributed by atoms with van der Waals surface area (Å²) >= 11 is 0. The van der Waals surface area contributed by atoms with Gasteiger partial charge < -0.3 is 30.7 Å². The van der Waals surface area contributed by atoms with Gasteiger partial charge in [-0.05, 0) is 54.8 Å². The maximum atomic E-state index is 13.5. The lowest BCUT2D eigenvalue weighted by Gasteiger charge is -2.30. The van der Waals surface area contributed by atoms with E-state index in [9.17, 15) is 18.0 Å². The number of hydrogen-bond donors (Lipinski definition) is 4. The molecule has 0 spiro atoms. The van der Waals surface area contributed by atoms with Crippen LogP contribution in [0, 0.1) is 5.92 Å². The van der Waals surface area contributed by atoms with E-state index < -0.39 is 28.0 Å². The highest BCUT2D eigenvalue weighted by Crippen LogP contribution is 2.31. The van der Waals surface area contributed by atoms with E-state index in [-0.39, 0.29) is 16.5 Å². The second kappa shape index (κ2) is 12.0. The van der Waals surface area contributed by atoms with Crippen LogP contribution in [0.25, 0.3) is 0 Å². The first-order valence-corrected chi connectivity index (χ1v) is 13.1. The SMILES string of the molecule is COc1ccc(NS(=O)(=O)c2cc(NC(=O)C(CC(C)C)NC(N)=O)ccc2N2CCOCC2)cc1. The maximum absolute atomic E-state index is 13.5. The fraction of sp³-hybridized carbons (Fsp3) is 0.417. The largest absolute Gasteiger partial charge is 0.497 e. The molecule has 11 nitrogen and oxygen atoms in total. The molecule has 5 N–H and O–H groups in total. The van der Waals surface area contributed by atoms with Crippen LogP contribution in [0.3, 0.4) is 0 Å². The van der Waals surface area contributed by atoms with E-state index in [4.69, 9.17) is 15.2 Å². The molecule has 2 aromatic carbocycles. The summed E-state index contributed by atoms with van der Waals surface area (Å²) < 4.78 is 40.1. The Kier molecular flexibility index (Phi) is 8.99. The molecule has 0 aliphatic carbocycles. The molecule has 12 heteroatoms. The van der Waals surface area contributed by atoms with Gasteiger partial charge in [-0.1, -0.05) is 13.8 Å². The van der Waals surface area contributed by atoms with Crippen LogP contribution in [0.2, 0.25) is 0 Å². The molecule has 0 bridgehead atoms. The standard InChI is InChI=1S/C24H33N5O6S/c1-16(2)14-20(27-24(25)31)23(30)26-18-6-9-21(29-10-12-35-13-11-29)22(15-18)36(32,33)28-17-4-7-19(34-3)8-5-17/h4-9,15-16,20,28H,10-14H2,1-3H3,(H,26,30)(H3,25,27,31). The number of nitrogens with two attached hydrogens (primary N) is 1. The molecular formula is C24H33N5O6S. The van der Waals surface area contributed by atoms with Crippen molar-refractivity contribution in [3.63, 3.8) is 0 Å². The lowest BCUT2D eigenvalue weighted by atomic mass is 10.0. The highest BCUT2D eigenvalue weighted by atomic mass is 32.2. The summed E-state index contributed by atoms with van der Waals surface area (Å²) in [5.74, 6) is 0.214. The molecule has 2 aromatic rings. The van der Waals surface area contributed by atoms with Gasteiger partial charge in [0.2, 0.25) is 5.91 Å². The number of carbonyl (C=O) groups is 2. The first kappa shape index (κ1) is 27.1. The zero-order valence-electron chi connectivity index (χ0n) is 20.6. The molecule has 1 aliphatic rings. The van der Waals surface area contributed by atoms with Crippen molar-refractivity contribution in [1.29, 1.82) is 0 Å². The van der Waals surface area contributed by atoms with Crippen molar-refractivity contribution in [1.82, 2.24) is 5.32 Å². The summed E-state index contributed by atoms with van der Waals surface area (Å²) in [5, 5.41) is 5.16. The number of nitrogens with zero attached hydrogens (tertiary/aromatic N) is 1. The minimum absolute atomic E-state index is 0.00119. The number of ether oxygens (including phenoxy) is 2. The minimum Gasteiger partial charge on any atom is -0.497 e. The topological polar surface area (TPSA) is 152 Å². The van der Waals surface area contributed by atoms with E-state index in [1.54, 1.807) is 36.4 Å². The van der Waals surface area contributed by atoms with Gasteiger partial charge in [-0.25, -0.2) is 13.2 Å². The third-order valence-corrected chi connectivity index (χ3v) is 6.96. The molecule has 1 saturated heterocycles. The Hall–Kier alpha value is -3.51. The number of amides is 3.